The second kappa shape index (κ2) is 4.39. The minimum atomic E-state index is -5.48. The minimum Gasteiger partial charge on any atom is -0.248 e. The summed E-state index contributed by atoms with van der Waals surface area (Å²) in [5.41, 5.74) is 0. The molecule has 0 aliphatic rings. The summed E-state index contributed by atoms with van der Waals surface area (Å²) in [4.78, 5) is 0. The fraction of sp³-hybridized carbons (Fsp3) is 0.500. The molecule has 16 heavy (non-hydrogen) atoms. The number of hydrogen-bond donors (Lipinski definition) is 0. The molecule has 3 nitrogen and oxygen atoms in total. The van der Waals surface area contributed by atoms with Crippen LogP contribution >= 0.6 is 22.6 Å². The van der Waals surface area contributed by atoms with Gasteiger partial charge in [0, 0.05) is 6.20 Å². The molecular formula is C6H3F6IN2O. The molecule has 10 heteroatoms. The van der Waals surface area contributed by atoms with Gasteiger partial charge in [-0.15, -0.1) is 13.2 Å². The highest BCUT2D eigenvalue weighted by molar-refractivity contribution is 14.1. The van der Waals surface area contributed by atoms with E-state index in [1.807, 2.05) is 0 Å². The van der Waals surface area contributed by atoms with Gasteiger partial charge in [0.05, 0.1) is 9.77 Å². The van der Waals surface area contributed by atoms with Crippen LogP contribution in [0.4, 0.5) is 26.3 Å². The van der Waals surface area contributed by atoms with Crippen molar-refractivity contribution in [2.75, 3.05) is 0 Å². The smallest absolute Gasteiger partial charge is 0.248 e. The van der Waals surface area contributed by atoms with Crippen molar-refractivity contribution in [1.82, 2.24) is 9.78 Å². The Bertz CT molecular complexity index is 364. The first-order valence-corrected chi connectivity index (χ1v) is 4.68. The molecule has 0 aliphatic carbocycles. The van der Waals surface area contributed by atoms with E-state index in [1.165, 1.54) is 0 Å². The molecule has 0 N–H and O–H groups in total. The monoisotopic (exact) mass is 360 g/mol. The average molecular weight is 360 g/mol. The molecule has 1 unspecified atom stereocenters. The van der Waals surface area contributed by atoms with Crippen molar-refractivity contribution in [3.05, 3.63) is 16.0 Å². The van der Waals surface area contributed by atoms with E-state index in [1.54, 1.807) is 22.6 Å². The predicted octanol–water partition coefficient (Wildman–Crippen LogP) is 2.87. The quantitative estimate of drug-likeness (QED) is 0.613. The maximum atomic E-state index is 13.0. The van der Waals surface area contributed by atoms with Gasteiger partial charge in [0.2, 0.25) is 0 Å². The molecule has 0 aliphatic heterocycles. The van der Waals surface area contributed by atoms with E-state index in [0.717, 1.165) is 6.20 Å². The largest absolute Gasteiger partial charge is 0.525 e. The SMILES string of the molecule is FC(OC(F)(F)F)C(F)(F)n1cc(I)cn1. The maximum Gasteiger partial charge on any atom is 0.525 e. The first-order chi connectivity index (χ1) is 7.13. The van der Waals surface area contributed by atoms with Crippen molar-refractivity contribution in [3.8, 4) is 0 Å². The molecule has 1 rings (SSSR count). The zero-order chi connectivity index (χ0) is 12.6. The number of aromatic nitrogens is 2. The number of halogens is 7. The number of nitrogens with zero attached hydrogens (tertiary/aromatic N) is 2. The Kier molecular flexibility index (Phi) is 3.72. The molecule has 0 aromatic carbocycles. The Morgan fingerprint density at radius 2 is 1.88 bits per heavy atom. The highest BCUT2D eigenvalue weighted by atomic mass is 127. The lowest BCUT2D eigenvalue weighted by molar-refractivity contribution is -0.400. The third-order valence-electron chi connectivity index (χ3n) is 1.37. The fourth-order valence-corrected chi connectivity index (χ4v) is 1.14. The van der Waals surface area contributed by atoms with Gasteiger partial charge in [0.25, 0.3) is 6.36 Å². The van der Waals surface area contributed by atoms with Crippen LogP contribution in [0.15, 0.2) is 12.4 Å². The van der Waals surface area contributed by atoms with Gasteiger partial charge in [-0.3, -0.25) is 0 Å². The summed E-state index contributed by atoms with van der Waals surface area (Å²) in [7, 11) is 0. The van der Waals surface area contributed by atoms with Crippen molar-refractivity contribution in [3.63, 3.8) is 0 Å². The van der Waals surface area contributed by atoms with E-state index in [0.29, 0.717) is 6.20 Å². The van der Waals surface area contributed by atoms with Gasteiger partial charge in [0.1, 0.15) is 0 Å². The fourth-order valence-electron chi connectivity index (χ4n) is 0.756. The first kappa shape index (κ1) is 13.5. The van der Waals surface area contributed by atoms with Crippen LogP contribution in [-0.4, -0.2) is 22.5 Å². The third-order valence-corrected chi connectivity index (χ3v) is 1.92. The van der Waals surface area contributed by atoms with Crippen LogP contribution in [-0.2, 0) is 10.8 Å². The van der Waals surface area contributed by atoms with Crippen LogP contribution in [0.25, 0.3) is 0 Å². The molecule has 0 amide bonds. The Labute approximate surface area is 98.5 Å². The minimum absolute atomic E-state index is 0.219. The number of ether oxygens (including phenoxy) is 1. The van der Waals surface area contributed by atoms with Crippen molar-refractivity contribution in [1.29, 1.82) is 0 Å². The molecule has 1 atom stereocenters. The molecule has 92 valence electrons. The van der Waals surface area contributed by atoms with Gasteiger partial charge in [-0.1, -0.05) is 0 Å². The summed E-state index contributed by atoms with van der Waals surface area (Å²) in [5, 5.41) is 3.01. The summed E-state index contributed by atoms with van der Waals surface area (Å²) >= 11 is 1.59. The van der Waals surface area contributed by atoms with Crippen LogP contribution in [0.5, 0.6) is 0 Å². The van der Waals surface area contributed by atoms with Gasteiger partial charge in [-0.05, 0) is 22.6 Å². The Morgan fingerprint density at radius 1 is 1.31 bits per heavy atom. The number of hydrogen-bond acceptors (Lipinski definition) is 2. The van der Waals surface area contributed by atoms with Gasteiger partial charge in [-0.2, -0.15) is 13.9 Å². The molecule has 0 spiro atoms. The lowest BCUT2D eigenvalue weighted by Crippen LogP contribution is -2.39. The van der Waals surface area contributed by atoms with Crippen LogP contribution in [0.1, 0.15) is 0 Å². The molecule has 0 saturated carbocycles. The Morgan fingerprint density at radius 3 is 2.25 bits per heavy atom. The standard InChI is InChI=1S/C6H3F6IN2O/c7-4(16-6(10,11)12)5(8,9)15-2-3(13)1-14-15/h1-2,4H. The summed E-state index contributed by atoms with van der Waals surface area (Å²) < 4.78 is 75.8. The van der Waals surface area contributed by atoms with E-state index in [4.69, 9.17) is 0 Å². The van der Waals surface area contributed by atoms with Gasteiger partial charge in [0.15, 0.2) is 0 Å². The zero-order valence-electron chi connectivity index (χ0n) is 7.18. The zero-order valence-corrected chi connectivity index (χ0v) is 9.34. The molecule has 0 fully saturated rings. The summed E-state index contributed by atoms with van der Waals surface area (Å²) in [6.45, 7) is 0. The van der Waals surface area contributed by atoms with E-state index in [9.17, 15) is 26.3 Å². The molecule has 0 bridgehead atoms. The molecule has 1 aromatic heterocycles. The summed E-state index contributed by atoms with van der Waals surface area (Å²) in [6, 6.07) is -4.53. The van der Waals surface area contributed by atoms with Crippen molar-refractivity contribution in [2.45, 2.75) is 18.8 Å². The van der Waals surface area contributed by atoms with E-state index in [-0.39, 0.29) is 8.25 Å². The van der Waals surface area contributed by atoms with Gasteiger partial charge in [-0.25, -0.2) is 13.8 Å². The third kappa shape index (κ3) is 3.23. The highest BCUT2D eigenvalue weighted by Gasteiger charge is 2.50. The van der Waals surface area contributed by atoms with Crippen LogP contribution in [0.2, 0.25) is 0 Å². The lowest BCUT2D eigenvalue weighted by Gasteiger charge is -2.21. The average Bonchev–Trinajstić information content (AvgIpc) is 2.48. The second-order valence-electron chi connectivity index (χ2n) is 2.57. The van der Waals surface area contributed by atoms with E-state index >= 15 is 0 Å². The van der Waals surface area contributed by atoms with Crippen molar-refractivity contribution < 1.29 is 31.1 Å². The van der Waals surface area contributed by atoms with Crippen LogP contribution in [0, 0.1) is 3.57 Å². The summed E-state index contributed by atoms with van der Waals surface area (Å²) in [5.74, 6) is 0. The van der Waals surface area contributed by atoms with Gasteiger partial charge < -0.3 is 0 Å². The van der Waals surface area contributed by atoms with E-state index in [2.05, 4.69) is 9.84 Å². The Hall–Kier alpha value is -0.520. The maximum absolute atomic E-state index is 13.0. The highest BCUT2D eigenvalue weighted by Crippen LogP contribution is 2.32. The normalized spacial score (nSPS) is 15.2. The predicted molar refractivity (Wildman–Crippen MR) is 47.2 cm³/mol. The Balaban J connectivity index is 2.85. The van der Waals surface area contributed by atoms with E-state index < -0.39 is 18.8 Å². The molecular weight excluding hydrogens is 357 g/mol. The molecule has 1 heterocycles. The van der Waals surface area contributed by atoms with Gasteiger partial charge >= 0.3 is 12.4 Å². The second-order valence-corrected chi connectivity index (χ2v) is 3.82. The lowest BCUT2D eigenvalue weighted by atomic mass is 10.5. The molecule has 0 saturated heterocycles. The summed E-state index contributed by atoms with van der Waals surface area (Å²) in [6.07, 6.45) is -7.71. The first-order valence-electron chi connectivity index (χ1n) is 3.60. The number of rotatable bonds is 3. The van der Waals surface area contributed by atoms with Crippen LogP contribution in [0.3, 0.4) is 0 Å². The van der Waals surface area contributed by atoms with Crippen molar-refractivity contribution in [2.24, 2.45) is 0 Å². The molecule has 0 radical (unpaired) electrons. The van der Waals surface area contributed by atoms with Crippen LogP contribution < -0.4 is 0 Å². The number of alkyl halides is 6. The molecule has 1 aromatic rings. The van der Waals surface area contributed by atoms with Crippen molar-refractivity contribution >= 4 is 22.6 Å². The topological polar surface area (TPSA) is 27.1 Å².